The summed E-state index contributed by atoms with van der Waals surface area (Å²) >= 11 is 0. The molecule has 0 aliphatic heterocycles. The van der Waals surface area contributed by atoms with E-state index in [1.807, 2.05) is 32.0 Å². The van der Waals surface area contributed by atoms with Gasteiger partial charge in [0.1, 0.15) is 12.4 Å². The number of esters is 1. The zero-order valence-electron chi connectivity index (χ0n) is 12.5. The minimum atomic E-state index is -0.394. The molecule has 0 fully saturated rings. The van der Waals surface area contributed by atoms with E-state index in [2.05, 4.69) is 0 Å². The topological polar surface area (TPSA) is 61.5 Å². The number of aryl methyl sites for hydroxylation is 2. The van der Waals surface area contributed by atoms with Crippen LogP contribution in [0.25, 0.3) is 0 Å². The monoisotopic (exact) mass is 285 g/mol. The van der Waals surface area contributed by atoms with Gasteiger partial charge in [0.05, 0.1) is 12.7 Å². The standard InChI is InChI=1S/C17H19NO3/c1-11-4-5-16(20-3)14(6-11)10-21-17(19)13-7-12(2)8-15(18)9-13/h4-9H,10,18H2,1-3H3. The Bertz CT molecular complexity index is 645. The Morgan fingerprint density at radius 2 is 1.86 bits per heavy atom. The lowest BCUT2D eigenvalue weighted by Crippen LogP contribution is -2.07. The second-order valence-electron chi connectivity index (χ2n) is 5.02. The third-order valence-electron chi connectivity index (χ3n) is 3.13. The Morgan fingerprint density at radius 3 is 2.52 bits per heavy atom. The minimum Gasteiger partial charge on any atom is -0.496 e. The second-order valence-corrected chi connectivity index (χ2v) is 5.02. The number of rotatable bonds is 4. The van der Waals surface area contributed by atoms with Gasteiger partial charge in [-0.3, -0.25) is 0 Å². The Morgan fingerprint density at radius 1 is 1.10 bits per heavy atom. The number of nitrogens with two attached hydrogens (primary N) is 1. The van der Waals surface area contributed by atoms with Gasteiger partial charge in [-0.25, -0.2) is 4.79 Å². The molecule has 4 nitrogen and oxygen atoms in total. The predicted molar refractivity (Wildman–Crippen MR) is 82.4 cm³/mol. The predicted octanol–water partition coefficient (Wildman–Crippen LogP) is 3.25. The number of anilines is 1. The second kappa shape index (κ2) is 6.31. The highest BCUT2D eigenvalue weighted by Gasteiger charge is 2.11. The summed E-state index contributed by atoms with van der Waals surface area (Å²) in [5.41, 5.74) is 9.60. The molecule has 4 heteroatoms. The number of methoxy groups -OCH3 is 1. The molecule has 0 spiro atoms. The van der Waals surface area contributed by atoms with Gasteiger partial charge < -0.3 is 15.2 Å². The molecule has 2 aromatic rings. The van der Waals surface area contributed by atoms with Crippen LogP contribution in [0.2, 0.25) is 0 Å². The van der Waals surface area contributed by atoms with Crippen molar-refractivity contribution in [3.05, 3.63) is 58.7 Å². The molecule has 0 saturated heterocycles. The van der Waals surface area contributed by atoms with Crippen LogP contribution in [-0.4, -0.2) is 13.1 Å². The first-order valence-electron chi connectivity index (χ1n) is 6.67. The van der Waals surface area contributed by atoms with E-state index in [0.29, 0.717) is 17.0 Å². The number of carbonyl (C=O) groups is 1. The average molecular weight is 285 g/mol. The Kier molecular flexibility index (Phi) is 4.48. The minimum absolute atomic E-state index is 0.164. The van der Waals surface area contributed by atoms with Gasteiger partial charge in [-0.2, -0.15) is 0 Å². The molecule has 0 aliphatic rings. The van der Waals surface area contributed by atoms with Crippen molar-refractivity contribution in [1.82, 2.24) is 0 Å². The van der Waals surface area contributed by atoms with Gasteiger partial charge in [0.15, 0.2) is 0 Å². The van der Waals surface area contributed by atoms with Crippen LogP contribution in [-0.2, 0) is 11.3 Å². The van der Waals surface area contributed by atoms with E-state index < -0.39 is 5.97 Å². The van der Waals surface area contributed by atoms with E-state index in [1.54, 1.807) is 25.3 Å². The van der Waals surface area contributed by atoms with Crippen LogP contribution in [0.1, 0.15) is 27.0 Å². The first-order chi connectivity index (χ1) is 9.99. The number of hydrogen-bond acceptors (Lipinski definition) is 4. The molecule has 2 N–H and O–H groups in total. The van der Waals surface area contributed by atoms with Crippen molar-refractivity contribution in [3.63, 3.8) is 0 Å². The highest BCUT2D eigenvalue weighted by molar-refractivity contribution is 5.90. The van der Waals surface area contributed by atoms with Crippen molar-refractivity contribution < 1.29 is 14.3 Å². The van der Waals surface area contributed by atoms with Gasteiger partial charge in [0, 0.05) is 11.3 Å². The van der Waals surface area contributed by atoms with Crippen LogP contribution >= 0.6 is 0 Å². The SMILES string of the molecule is COc1ccc(C)cc1COC(=O)c1cc(C)cc(N)c1. The number of ether oxygens (including phenoxy) is 2. The maximum Gasteiger partial charge on any atom is 0.338 e. The number of hydrogen-bond donors (Lipinski definition) is 1. The Labute approximate surface area is 124 Å². The molecule has 0 unspecified atom stereocenters. The van der Waals surface area contributed by atoms with Crippen LogP contribution < -0.4 is 10.5 Å². The van der Waals surface area contributed by atoms with Crippen molar-refractivity contribution in [1.29, 1.82) is 0 Å². The maximum atomic E-state index is 12.1. The molecular weight excluding hydrogens is 266 g/mol. The van der Waals surface area contributed by atoms with Crippen molar-refractivity contribution in [2.24, 2.45) is 0 Å². The Hall–Kier alpha value is -2.49. The smallest absolute Gasteiger partial charge is 0.338 e. The zero-order valence-corrected chi connectivity index (χ0v) is 12.5. The van der Waals surface area contributed by atoms with Crippen molar-refractivity contribution in [2.45, 2.75) is 20.5 Å². The van der Waals surface area contributed by atoms with Crippen LogP contribution in [0.15, 0.2) is 36.4 Å². The van der Waals surface area contributed by atoms with Crippen LogP contribution in [0.4, 0.5) is 5.69 Å². The molecule has 0 amide bonds. The fraction of sp³-hybridized carbons (Fsp3) is 0.235. The van der Waals surface area contributed by atoms with Gasteiger partial charge >= 0.3 is 5.97 Å². The summed E-state index contributed by atoms with van der Waals surface area (Å²) < 4.78 is 10.6. The lowest BCUT2D eigenvalue weighted by atomic mass is 10.1. The first-order valence-corrected chi connectivity index (χ1v) is 6.67. The zero-order chi connectivity index (χ0) is 15.4. The molecule has 2 aromatic carbocycles. The lowest BCUT2D eigenvalue weighted by molar-refractivity contribution is 0.0470. The van der Waals surface area contributed by atoms with Crippen molar-refractivity contribution in [2.75, 3.05) is 12.8 Å². The van der Waals surface area contributed by atoms with E-state index in [1.165, 1.54) is 0 Å². The van der Waals surface area contributed by atoms with E-state index in [9.17, 15) is 4.79 Å². The van der Waals surface area contributed by atoms with Gasteiger partial charge in [0.2, 0.25) is 0 Å². The van der Waals surface area contributed by atoms with Gasteiger partial charge in [-0.05, 0) is 49.7 Å². The quantitative estimate of drug-likeness (QED) is 0.692. The molecule has 0 bridgehead atoms. The normalized spacial score (nSPS) is 10.2. The molecule has 2 rings (SSSR count). The Balaban J connectivity index is 2.12. The molecule has 0 saturated carbocycles. The maximum absolute atomic E-state index is 12.1. The lowest BCUT2D eigenvalue weighted by Gasteiger charge is -2.11. The van der Waals surface area contributed by atoms with E-state index in [-0.39, 0.29) is 6.61 Å². The van der Waals surface area contributed by atoms with Crippen LogP contribution in [0.5, 0.6) is 5.75 Å². The summed E-state index contributed by atoms with van der Waals surface area (Å²) in [5.74, 6) is 0.311. The third-order valence-corrected chi connectivity index (χ3v) is 3.13. The molecule has 0 aliphatic carbocycles. The van der Waals surface area contributed by atoms with E-state index in [0.717, 1.165) is 16.7 Å². The molecule has 110 valence electrons. The summed E-state index contributed by atoms with van der Waals surface area (Å²) in [6.45, 7) is 4.03. The molecule has 0 heterocycles. The summed E-state index contributed by atoms with van der Waals surface area (Å²) in [6, 6.07) is 10.9. The van der Waals surface area contributed by atoms with Crippen LogP contribution in [0, 0.1) is 13.8 Å². The highest BCUT2D eigenvalue weighted by atomic mass is 16.5. The summed E-state index contributed by atoms with van der Waals surface area (Å²) in [5, 5.41) is 0. The van der Waals surface area contributed by atoms with Crippen molar-refractivity contribution in [3.8, 4) is 5.75 Å². The van der Waals surface area contributed by atoms with Gasteiger partial charge in [0.25, 0.3) is 0 Å². The molecule has 0 aromatic heterocycles. The fourth-order valence-electron chi connectivity index (χ4n) is 2.18. The van der Waals surface area contributed by atoms with E-state index in [4.69, 9.17) is 15.2 Å². The van der Waals surface area contributed by atoms with Crippen molar-refractivity contribution >= 4 is 11.7 Å². The fourth-order valence-corrected chi connectivity index (χ4v) is 2.18. The summed E-state index contributed by atoms with van der Waals surface area (Å²) in [4.78, 5) is 12.1. The summed E-state index contributed by atoms with van der Waals surface area (Å²) in [7, 11) is 1.59. The van der Waals surface area contributed by atoms with Gasteiger partial charge in [-0.15, -0.1) is 0 Å². The molecule has 0 radical (unpaired) electrons. The number of carbonyl (C=O) groups excluding carboxylic acids is 1. The van der Waals surface area contributed by atoms with Crippen LogP contribution in [0.3, 0.4) is 0 Å². The van der Waals surface area contributed by atoms with Gasteiger partial charge in [-0.1, -0.05) is 11.6 Å². The first kappa shape index (κ1) is 14.9. The van der Waals surface area contributed by atoms with E-state index >= 15 is 0 Å². The highest BCUT2D eigenvalue weighted by Crippen LogP contribution is 2.21. The third kappa shape index (κ3) is 3.75. The molecule has 0 atom stereocenters. The summed E-state index contributed by atoms with van der Waals surface area (Å²) in [6.07, 6.45) is 0. The number of nitrogen functional groups attached to an aromatic ring is 1. The largest absolute Gasteiger partial charge is 0.496 e. The average Bonchev–Trinajstić information content (AvgIpc) is 2.43. The molecular formula is C17H19NO3. The number of benzene rings is 2. The molecule has 21 heavy (non-hydrogen) atoms.